The summed E-state index contributed by atoms with van der Waals surface area (Å²) in [4.78, 5) is 30.6. The van der Waals surface area contributed by atoms with Crippen LogP contribution in [-0.2, 0) is 21.4 Å². The molecule has 1 aromatic heterocycles. The minimum absolute atomic E-state index is 0.0559. The Kier molecular flexibility index (Phi) is 5.49. The Morgan fingerprint density at radius 1 is 1.28 bits per heavy atom. The lowest BCUT2D eigenvalue weighted by Crippen LogP contribution is -2.35. The van der Waals surface area contributed by atoms with Crippen molar-refractivity contribution in [3.05, 3.63) is 70.5 Å². The second-order valence-corrected chi connectivity index (χ2v) is 8.20. The van der Waals surface area contributed by atoms with Crippen LogP contribution in [0.15, 0.2) is 58.5 Å². The van der Waals surface area contributed by atoms with Crippen molar-refractivity contribution in [2.75, 3.05) is 7.05 Å². The molecule has 152 valence electrons. The highest BCUT2D eigenvalue weighted by Gasteiger charge is 2.20. The number of amides is 1. The fourth-order valence-electron chi connectivity index (χ4n) is 2.89. The molecule has 29 heavy (non-hydrogen) atoms. The molecule has 1 amide bonds. The number of nitrogens with zero attached hydrogens (tertiary/aromatic N) is 3. The quantitative estimate of drug-likeness (QED) is 0.673. The lowest BCUT2D eigenvalue weighted by atomic mass is 10.1. The van der Waals surface area contributed by atoms with Crippen LogP contribution in [0.1, 0.15) is 18.5 Å². The van der Waals surface area contributed by atoms with Gasteiger partial charge in [0.15, 0.2) is 0 Å². The first kappa shape index (κ1) is 20.6. The normalized spacial score (nSPS) is 12.7. The number of sulfonamides is 1. The summed E-state index contributed by atoms with van der Waals surface area (Å²) in [6.07, 6.45) is 1.24. The third-order valence-corrected chi connectivity index (χ3v) is 5.65. The standard InChI is InChI=1S/C19H19FN4O4S/c1-12(13-4-3-5-15(8-13)29(21,27)28)23(2)18(25)10-24-11-22-17-7-6-14(20)9-16(17)19(24)26/h3-9,11-12H,10H2,1-2H3,(H2,21,27,28). The van der Waals surface area contributed by atoms with E-state index >= 15 is 0 Å². The second kappa shape index (κ2) is 7.72. The summed E-state index contributed by atoms with van der Waals surface area (Å²) in [7, 11) is -2.33. The Morgan fingerprint density at radius 2 is 2.00 bits per heavy atom. The third-order valence-electron chi connectivity index (χ3n) is 4.74. The summed E-state index contributed by atoms with van der Waals surface area (Å²) in [5.74, 6) is -0.973. The summed E-state index contributed by atoms with van der Waals surface area (Å²) in [6.45, 7) is 1.42. The number of likely N-dealkylation sites (N-methyl/N-ethyl adjacent to an activating group) is 1. The molecule has 2 N–H and O–H groups in total. The van der Waals surface area contributed by atoms with E-state index in [0.29, 0.717) is 11.1 Å². The van der Waals surface area contributed by atoms with Gasteiger partial charge in [-0.25, -0.2) is 22.9 Å². The van der Waals surface area contributed by atoms with Crippen LogP contribution in [0.4, 0.5) is 4.39 Å². The molecule has 0 saturated carbocycles. The average Bonchev–Trinajstić information content (AvgIpc) is 2.68. The van der Waals surface area contributed by atoms with Crippen molar-refractivity contribution in [1.82, 2.24) is 14.5 Å². The SMILES string of the molecule is CC(c1cccc(S(N)(=O)=O)c1)N(C)C(=O)Cn1cnc2ccc(F)cc2c1=O. The smallest absolute Gasteiger partial charge is 0.261 e. The van der Waals surface area contributed by atoms with Crippen molar-refractivity contribution in [1.29, 1.82) is 0 Å². The Morgan fingerprint density at radius 3 is 2.69 bits per heavy atom. The van der Waals surface area contributed by atoms with Gasteiger partial charge in [-0.3, -0.25) is 14.2 Å². The number of carbonyl (C=O) groups is 1. The molecule has 0 spiro atoms. The van der Waals surface area contributed by atoms with E-state index in [1.165, 1.54) is 48.6 Å². The van der Waals surface area contributed by atoms with Crippen LogP contribution in [-0.4, -0.2) is 35.8 Å². The number of hydrogen-bond donors (Lipinski definition) is 1. The van der Waals surface area contributed by atoms with Gasteiger partial charge in [0.05, 0.1) is 28.2 Å². The topological polar surface area (TPSA) is 115 Å². The van der Waals surface area contributed by atoms with Gasteiger partial charge in [-0.1, -0.05) is 12.1 Å². The summed E-state index contributed by atoms with van der Waals surface area (Å²) in [5, 5.41) is 5.24. The highest BCUT2D eigenvalue weighted by molar-refractivity contribution is 7.89. The Bertz CT molecular complexity index is 1260. The van der Waals surface area contributed by atoms with E-state index < -0.39 is 33.3 Å². The van der Waals surface area contributed by atoms with E-state index in [4.69, 9.17) is 5.14 Å². The van der Waals surface area contributed by atoms with E-state index in [9.17, 15) is 22.4 Å². The maximum absolute atomic E-state index is 13.4. The lowest BCUT2D eigenvalue weighted by Gasteiger charge is -2.26. The summed E-state index contributed by atoms with van der Waals surface area (Å²) in [6, 6.07) is 9.18. The van der Waals surface area contributed by atoms with Gasteiger partial charge in [-0.05, 0) is 42.8 Å². The maximum Gasteiger partial charge on any atom is 0.261 e. The first-order valence-corrected chi connectivity index (χ1v) is 10.2. The van der Waals surface area contributed by atoms with Gasteiger partial charge in [0.2, 0.25) is 15.9 Å². The van der Waals surface area contributed by atoms with Gasteiger partial charge < -0.3 is 4.90 Å². The molecule has 3 rings (SSSR count). The molecule has 0 saturated heterocycles. The predicted molar refractivity (Wildman–Crippen MR) is 105 cm³/mol. The molecule has 8 nitrogen and oxygen atoms in total. The number of benzene rings is 2. The van der Waals surface area contributed by atoms with E-state index in [0.717, 1.165) is 10.6 Å². The Labute approximate surface area is 166 Å². The maximum atomic E-state index is 13.4. The number of halogens is 1. The molecule has 3 aromatic rings. The minimum atomic E-state index is -3.87. The molecular weight excluding hydrogens is 399 g/mol. The van der Waals surface area contributed by atoms with Gasteiger partial charge in [-0.15, -0.1) is 0 Å². The monoisotopic (exact) mass is 418 g/mol. The predicted octanol–water partition coefficient (Wildman–Crippen LogP) is 1.40. The molecule has 2 aromatic carbocycles. The van der Waals surface area contributed by atoms with Crippen LogP contribution in [0, 0.1) is 5.82 Å². The molecular formula is C19H19FN4O4S. The molecule has 0 radical (unpaired) electrons. The number of aromatic nitrogens is 2. The van der Waals surface area contributed by atoms with Crippen molar-refractivity contribution in [3.63, 3.8) is 0 Å². The number of carbonyl (C=O) groups excluding carboxylic acids is 1. The first-order chi connectivity index (χ1) is 13.6. The van der Waals surface area contributed by atoms with E-state index in [2.05, 4.69) is 4.98 Å². The van der Waals surface area contributed by atoms with Gasteiger partial charge in [0, 0.05) is 7.05 Å². The molecule has 1 heterocycles. The van der Waals surface area contributed by atoms with E-state index in [1.807, 2.05) is 0 Å². The third kappa shape index (κ3) is 4.33. The minimum Gasteiger partial charge on any atom is -0.337 e. The molecule has 1 atom stereocenters. The second-order valence-electron chi connectivity index (χ2n) is 6.64. The molecule has 0 aliphatic carbocycles. The van der Waals surface area contributed by atoms with Crippen LogP contribution in [0.3, 0.4) is 0 Å². The van der Waals surface area contributed by atoms with Crippen molar-refractivity contribution in [3.8, 4) is 0 Å². The van der Waals surface area contributed by atoms with Crippen LogP contribution >= 0.6 is 0 Å². The first-order valence-electron chi connectivity index (χ1n) is 8.61. The molecule has 1 unspecified atom stereocenters. The summed E-state index contributed by atoms with van der Waals surface area (Å²) < 4.78 is 37.6. The zero-order chi connectivity index (χ0) is 21.3. The van der Waals surface area contributed by atoms with Crippen LogP contribution in [0.5, 0.6) is 0 Å². The fraction of sp³-hybridized carbons (Fsp3) is 0.211. The van der Waals surface area contributed by atoms with E-state index in [-0.39, 0.29) is 16.8 Å². The van der Waals surface area contributed by atoms with Crippen LogP contribution in [0.2, 0.25) is 0 Å². The fourth-order valence-corrected chi connectivity index (χ4v) is 3.46. The number of hydrogen-bond acceptors (Lipinski definition) is 5. The van der Waals surface area contributed by atoms with Gasteiger partial charge in [0.1, 0.15) is 12.4 Å². The van der Waals surface area contributed by atoms with Gasteiger partial charge in [-0.2, -0.15) is 0 Å². The Hall–Kier alpha value is -3.11. The number of primary sulfonamides is 1. The molecule has 0 aliphatic rings. The lowest BCUT2D eigenvalue weighted by molar-refractivity contribution is -0.132. The molecule has 0 aliphatic heterocycles. The zero-order valence-corrected chi connectivity index (χ0v) is 16.6. The van der Waals surface area contributed by atoms with Crippen molar-refractivity contribution >= 4 is 26.8 Å². The zero-order valence-electron chi connectivity index (χ0n) is 15.7. The molecule has 0 fully saturated rings. The van der Waals surface area contributed by atoms with Crippen LogP contribution < -0.4 is 10.7 Å². The van der Waals surface area contributed by atoms with Gasteiger partial charge >= 0.3 is 0 Å². The highest BCUT2D eigenvalue weighted by atomic mass is 32.2. The molecule has 10 heteroatoms. The summed E-state index contributed by atoms with van der Waals surface area (Å²) in [5.41, 5.74) is 0.375. The number of rotatable bonds is 5. The van der Waals surface area contributed by atoms with Crippen molar-refractivity contribution in [2.45, 2.75) is 24.4 Å². The Balaban J connectivity index is 1.85. The van der Waals surface area contributed by atoms with E-state index in [1.54, 1.807) is 13.0 Å². The largest absolute Gasteiger partial charge is 0.337 e. The number of fused-ring (bicyclic) bond motifs is 1. The van der Waals surface area contributed by atoms with Gasteiger partial charge in [0.25, 0.3) is 5.56 Å². The average molecular weight is 418 g/mol. The van der Waals surface area contributed by atoms with Crippen molar-refractivity contribution < 1.29 is 17.6 Å². The van der Waals surface area contributed by atoms with Crippen molar-refractivity contribution in [2.24, 2.45) is 5.14 Å². The van der Waals surface area contributed by atoms with Crippen LogP contribution in [0.25, 0.3) is 10.9 Å². The summed E-state index contributed by atoms with van der Waals surface area (Å²) >= 11 is 0. The highest BCUT2D eigenvalue weighted by Crippen LogP contribution is 2.21. The number of nitrogens with two attached hydrogens (primary N) is 1. The molecule has 0 bridgehead atoms.